The van der Waals surface area contributed by atoms with Crippen LogP contribution < -0.4 is 10.3 Å². The third kappa shape index (κ3) is 5.60. The van der Waals surface area contributed by atoms with Gasteiger partial charge in [0, 0.05) is 10.9 Å². The Hall–Kier alpha value is -2.77. The molecule has 0 bridgehead atoms. The zero-order chi connectivity index (χ0) is 23.4. The number of hydrogen-bond acceptors (Lipinski definition) is 4. The van der Waals surface area contributed by atoms with Crippen LogP contribution in [-0.4, -0.2) is 15.9 Å². The third-order valence-corrected chi connectivity index (χ3v) is 6.26. The summed E-state index contributed by atoms with van der Waals surface area (Å²) in [6.45, 7) is 4.60. The maximum absolute atomic E-state index is 13.1. The van der Waals surface area contributed by atoms with Gasteiger partial charge in [0.15, 0.2) is 0 Å². The lowest BCUT2D eigenvalue weighted by molar-refractivity contribution is 0.304. The fourth-order valence-corrected chi connectivity index (χ4v) is 4.26. The molecule has 0 fully saturated rings. The van der Waals surface area contributed by atoms with Crippen LogP contribution in [0.3, 0.4) is 0 Å². The highest BCUT2D eigenvalue weighted by molar-refractivity contribution is 9.10. The predicted octanol–water partition coefficient (Wildman–Crippen LogP) is 6.64. The monoisotopic (exact) mass is 567 g/mol. The van der Waals surface area contributed by atoms with Gasteiger partial charge < -0.3 is 4.74 Å². The number of nitrogens with zero attached hydrogens (tertiary/aromatic N) is 3. The van der Waals surface area contributed by atoms with E-state index in [-0.39, 0.29) is 5.56 Å². The Morgan fingerprint density at radius 3 is 2.58 bits per heavy atom. The molecule has 4 aromatic rings. The van der Waals surface area contributed by atoms with Gasteiger partial charge in [-0.2, -0.15) is 9.78 Å². The van der Waals surface area contributed by atoms with Crippen LogP contribution in [0.4, 0.5) is 0 Å². The van der Waals surface area contributed by atoms with E-state index in [1.165, 1.54) is 10.2 Å². The molecule has 0 aliphatic rings. The molecule has 0 amide bonds. The average molecular weight is 569 g/mol. The summed E-state index contributed by atoms with van der Waals surface area (Å²) in [5, 5.41) is 5.02. The Labute approximate surface area is 209 Å². The highest BCUT2D eigenvalue weighted by atomic mass is 79.9. The van der Waals surface area contributed by atoms with Crippen molar-refractivity contribution in [3.05, 3.63) is 102 Å². The molecule has 4 rings (SSSR count). The van der Waals surface area contributed by atoms with Crippen LogP contribution in [0.2, 0.25) is 0 Å². The summed E-state index contributed by atoms with van der Waals surface area (Å²) >= 11 is 7.01. The van der Waals surface area contributed by atoms with E-state index in [1.54, 1.807) is 12.3 Å². The van der Waals surface area contributed by atoms with E-state index in [4.69, 9.17) is 4.74 Å². The molecule has 0 saturated heterocycles. The second kappa shape index (κ2) is 10.4. The van der Waals surface area contributed by atoms with Gasteiger partial charge in [-0.15, -0.1) is 0 Å². The molecule has 1 heterocycles. The van der Waals surface area contributed by atoms with Gasteiger partial charge in [-0.1, -0.05) is 52.7 Å². The van der Waals surface area contributed by atoms with Crippen molar-refractivity contribution in [3.8, 4) is 5.75 Å². The highest BCUT2D eigenvalue weighted by Crippen LogP contribution is 2.26. The lowest BCUT2D eigenvalue weighted by Crippen LogP contribution is -2.22. The SMILES string of the molecule is CCCc1nc2ccc(Br)cc2c(=O)n1N=Cc1ccc(OCc2ccc(C)cc2)c(Br)c1. The third-order valence-electron chi connectivity index (χ3n) is 5.14. The number of benzene rings is 3. The molecule has 0 N–H and O–H groups in total. The lowest BCUT2D eigenvalue weighted by atomic mass is 10.2. The van der Waals surface area contributed by atoms with E-state index in [0.717, 1.165) is 32.2 Å². The first-order valence-corrected chi connectivity index (χ1v) is 12.3. The van der Waals surface area contributed by atoms with Crippen molar-refractivity contribution in [1.29, 1.82) is 0 Å². The molecule has 0 radical (unpaired) electrons. The fraction of sp³-hybridized carbons (Fsp3) is 0.192. The molecule has 3 aromatic carbocycles. The first kappa shape index (κ1) is 23.4. The number of ether oxygens (including phenoxy) is 1. The molecule has 168 valence electrons. The number of aromatic nitrogens is 2. The minimum absolute atomic E-state index is 0.182. The van der Waals surface area contributed by atoms with E-state index < -0.39 is 0 Å². The maximum atomic E-state index is 13.1. The van der Waals surface area contributed by atoms with Gasteiger partial charge in [0.2, 0.25) is 0 Å². The van der Waals surface area contributed by atoms with Gasteiger partial charge in [0.25, 0.3) is 5.56 Å². The summed E-state index contributed by atoms with van der Waals surface area (Å²) in [6, 6.07) is 19.5. The van der Waals surface area contributed by atoms with Crippen LogP contribution in [0.25, 0.3) is 10.9 Å². The van der Waals surface area contributed by atoms with Crippen molar-refractivity contribution in [2.24, 2.45) is 5.10 Å². The van der Waals surface area contributed by atoms with E-state index in [2.05, 4.69) is 80.1 Å². The zero-order valence-corrected chi connectivity index (χ0v) is 21.6. The molecular weight excluding hydrogens is 546 g/mol. The van der Waals surface area contributed by atoms with Crippen molar-refractivity contribution in [1.82, 2.24) is 9.66 Å². The molecule has 0 saturated carbocycles. The Morgan fingerprint density at radius 1 is 1.06 bits per heavy atom. The second-order valence-corrected chi connectivity index (χ2v) is 9.54. The number of hydrogen-bond donors (Lipinski definition) is 0. The van der Waals surface area contributed by atoms with E-state index >= 15 is 0 Å². The molecule has 0 unspecified atom stereocenters. The van der Waals surface area contributed by atoms with Gasteiger partial charge in [0.1, 0.15) is 18.2 Å². The van der Waals surface area contributed by atoms with E-state index in [9.17, 15) is 4.79 Å². The summed E-state index contributed by atoms with van der Waals surface area (Å²) < 4.78 is 9.00. The summed E-state index contributed by atoms with van der Waals surface area (Å²) in [7, 11) is 0. The Morgan fingerprint density at radius 2 is 1.85 bits per heavy atom. The highest BCUT2D eigenvalue weighted by Gasteiger charge is 2.11. The molecule has 0 aliphatic carbocycles. The second-order valence-electron chi connectivity index (χ2n) is 7.77. The quantitative estimate of drug-likeness (QED) is 0.235. The van der Waals surface area contributed by atoms with Crippen molar-refractivity contribution < 1.29 is 4.74 Å². The smallest absolute Gasteiger partial charge is 0.282 e. The largest absolute Gasteiger partial charge is 0.488 e. The Bertz CT molecular complexity index is 1380. The Balaban J connectivity index is 1.59. The van der Waals surface area contributed by atoms with Crippen molar-refractivity contribution in [2.45, 2.75) is 33.3 Å². The maximum Gasteiger partial charge on any atom is 0.282 e. The standard InChI is InChI=1S/C26H23Br2N3O2/c1-3-4-25-30-23-11-10-20(27)14-21(23)26(32)31(25)29-15-19-9-12-24(22(28)13-19)33-16-18-7-5-17(2)6-8-18/h5-15H,3-4,16H2,1-2H3. The topological polar surface area (TPSA) is 56.5 Å². The first-order valence-electron chi connectivity index (χ1n) is 10.7. The number of fused-ring (bicyclic) bond motifs is 1. The summed E-state index contributed by atoms with van der Waals surface area (Å²) in [5.74, 6) is 1.39. The van der Waals surface area contributed by atoms with Gasteiger partial charge >= 0.3 is 0 Å². The first-order chi connectivity index (χ1) is 15.9. The summed E-state index contributed by atoms with van der Waals surface area (Å²) in [5.41, 5.74) is 3.66. The number of halogens is 2. The van der Waals surface area contributed by atoms with Crippen molar-refractivity contribution >= 4 is 49.0 Å². The number of rotatable bonds is 7. The molecule has 1 aromatic heterocycles. The minimum Gasteiger partial charge on any atom is -0.488 e. The van der Waals surface area contributed by atoms with Crippen molar-refractivity contribution in [2.75, 3.05) is 0 Å². The average Bonchev–Trinajstić information content (AvgIpc) is 2.80. The zero-order valence-electron chi connectivity index (χ0n) is 18.4. The Kier molecular flexibility index (Phi) is 7.40. The minimum atomic E-state index is -0.182. The fourth-order valence-electron chi connectivity index (χ4n) is 3.38. The van der Waals surface area contributed by atoms with Crippen LogP contribution in [0, 0.1) is 6.92 Å². The normalized spacial score (nSPS) is 11.4. The van der Waals surface area contributed by atoms with Crippen LogP contribution in [-0.2, 0) is 13.0 Å². The van der Waals surface area contributed by atoms with Crippen LogP contribution in [0.1, 0.15) is 35.9 Å². The van der Waals surface area contributed by atoms with Gasteiger partial charge in [0.05, 0.1) is 21.6 Å². The summed E-state index contributed by atoms with van der Waals surface area (Å²) in [6.07, 6.45) is 3.19. The molecule has 0 aliphatic heterocycles. The molecule has 33 heavy (non-hydrogen) atoms. The van der Waals surface area contributed by atoms with Gasteiger partial charge in [-0.25, -0.2) is 4.98 Å². The predicted molar refractivity (Wildman–Crippen MR) is 140 cm³/mol. The van der Waals surface area contributed by atoms with Gasteiger partial charge in [-0.05, 0) is 76.8 Å². The van der Waals surface area contributed by atoms with E-state index in [1.807, 2.05) is 30.3 Å². The lowest BCUT2D eigenvalue weighted by Gasteiger charge is -2.10. The van der Waals surface area contributed by atoms with Gasteiger partial charge in [-0.3, -0.25) is 4.79 Å². The molecule has 0 spiro atoms. The van der Waals surface area contributed by atoms with Crippen LogP contribution in [0.5, 0.6) is 5.75 Å². The van der Waals surface area contributed by atoms with Crippen LogP contribution in [0.15, 0.2) is 79.5 Å². The molecular formula is C26H23Br2N3O2. The van der Waals surface area contributed by atoms with Crippen LogP contribution >= 0.6 is 31.9 Å². The molecule has 5 nitrogen and oxygen atoms in total. The summed E-state index contributed by atoms with van der Waals surface area (Å²) in [4.78, 5) is 17.8. The van der Waals surface area contributed by atoms with E-state index in [0.29, 0.717) is 29.8 Å². The molecule has 0 atom stereocenters. The molecule has 7 heteroatoms. The van der Waals surface area contributed by atoms with Crippen molar-refractivity contribution in [3.63, 3.8) is 0 Å². The number of aryl methyl sites for hydroxylation is 2.